The zero-order valence-electron chi connectivity index (χ0n) is 13.3. The number of benzene rings is 1. The molecule has 0 aliphatic rings. The van der Waals surface area contributed by atoms with Crippen LogP contribution in [0.4, 0.5) is 5.69 Å². The second kappa shape index (κ2) is 6.95. The number of anilines is 1. The molecule has 1 amide bonds. The van der Waals surface area contributed by atoms with Gasteiger partial charge in [-0.3, -0.25) is 14.8 Å². The summed E-state index contributed by atoms with van der Waals surface area (Å²) in [6.45, 7) is 1.81. The van der Waals surface area contributed by atoms with E-state index in [1.54, 1.807) is 42.9 Å². The quantitative estimate of drug-likeness (QED) is 0.649. The van der Waals surface area contributed by atoms with Crippen molar-refractivity contribution in [2.45, 2.75) is 6.92 Å². The first-order valence-corrected chi connectivity index (χ1v) is 8.39. The summed E-state index contributed by atoms with van der Waals surface area (Å²) in [5.74, 6) is -0.466. The maximum atomic E-state index is 12.5. The van der Waals surface area contributed by atoms with Gasteiger partial charge in [-0.2, -0.15) is 5.10 Å². The molecule has 0 spiro atoms. The number of para-hydroxylation sites is 1. The molecule has 3 aromatic rings. The van der Waals surface area contributed by atoms with E-state index < -0.39 is 5.91 Å². The number of thiocarbonyl (C=S) groups is 1. The highest BCUT2D eigenvalue weighted by Gasteiger charge is 2.19. The predicted molar refractivity (Wildman–Crippen MR) is 103 cm³/mol. The van der Waals surface area contributed by atoms with Gasteiger partial charge in [0.2, 0.25) is 0 Å². The van der Waals surface area contributed by atoms with E-state index in [1.807, 2.05) is 0 Å². The Balaban J connectivity index is 1.83. The number of nitrogens with zero attached hydrogens (tertiary/aromatic N) is 3. The van der Waals surface area contributed by atoms with Crippen molar-refractivity contribution in [1.82, 2.24) is 20.1 Å². The molecule has 0 aliphatic heterocycles. The number of nitrogens with one attached hydrogen (secondary N) is 2. The van der Waals surface area contributed by atoms with Crippen molar-refractivity contribution < 1.29 is 4.79 Å². The van der Waals surface area contributed by atoms with E-state index in [0.717, 1.165) is 0 Å². The molecule has 0 unspecified atom stereocenters. The Hall–Kier alpha value is -2.22. The number of amides is 1. The number of carbonyl (C=O) groups excluding carboxylic acids is 1. The Morgan fingerprint density at radius 3 is 2.72 bits per heavy atom. The number of rotatable bonds is 2. The molecule has 0 radical (unpaired) electrons. The van der Waals surface area contributed by atoms with Crippen LogP contribution in [0.2, 0.25) is 10.0 Å². The summed E-state index contributed by atoms with van der Waals surface area (Å²) < 4.78 is 1.61. The first-order valence-electron chi connectivity index (χ1n) is 7.23. The molecular formula is C16H13Cl2N5OS. The molecule has 9 heteroatoms. The van der Waals surface area contributed by atoms with Gasteiger partial charge in [0.05, 0.1) is 32.4 Å². The summed E-state index contributed by atoms with van der Waals surface area (Å²) in [4.78, 5) is 16.7. The zero-order chi connectivity index (χ0) is 18.1. The van der Waals surface area contributed by atoms with Crippen LogP contribution >= 0.6 is 35.4 Å². The number of aromatic nitrogens is 3. The maximum Gasteiger partial charge on any atom is 0.260 e. The van der Waals surface area contributed by atoms with Gasteiger partial charge in [0.1, 0.15) is 0 Å². The van der Waals surface area contributed by atoms with Crippen molar-refractivity contribution in [3.63, 3.8) is 0 Å². The van der Waals surface area contributed by atoms with Crippen LogP contribution in [0, 0.1) is 6.92 Å². The van der Waals surface area contributed by atoms with Crippen molar-refractivity contribution in [2.75, 3.05) is 5.32 Å². The Kier molecular flexibility index (Phi) is 4.89. The van der Waals surface area contributed by atoms with Crippen LogP contribution in [-0.4, -0.2) is 25.8 Å². The van der Waals surface area contributed by atoms with Gasteiger partial charge in [-0.25, -0.2) is 4.98 Å². The number of hydrogen-bond acceptors (Lipinski definition) is 4. The molecule has 2 N–H and O–H groups in total. The molecular weight excluding hydrogens is 381 g/mol. The van der Waals surface area contributed by atoms with E-state index >= 15 is 0 Å². The molecule has 0 saturated carbocycles. The molecule has 2 heterocycles. The van der Waals surface area contributed by atoms with Crippen molar-refractivity contribution >= 4 is 63.2 Å². The highest BCUT2D eigenvalue weighted by molar-refractivity contribution is 7.80. The van der Waals surface area contributed by atoms with Gasteiger partial charge < -0.3 is 5.32 Å². The third-order valence-electron chi connectivity index (χ3n) is 3.56. The molecule has 0 saturated heterocycles. The van der Waals surface area contributed by atoms with Crippen LogP contribution in [0.15, 0.2) is 30.5 Å². The van der Waals surface area contributed by atoms with E-state index in [2.05, 4.69) is 20.7 Å². The minimum atomic E-state index is -0.466. The summed E-state index contributed by atoms with van der Waals surface area (Å²) in [5.41, 5.74) is 2.11. The zero-order valence-corrected chi connectivity index (χ0v) is 15.6. The highest BCUT2D eigenvalue weighted by atomic mass is 35.5. The largest absolute Gasteiger partial charge is 0.331 e. The molecule has 0 bridgehead atoms. The van der Waals surface area contributed by atoms with Gasteiger partial charge in [-0.15, -0.1) is 0 Å². The second-order valence-electron chi connectivity index (χ2n) is 5.28. The molecule has 128 valence electrons. The smallest absolute Gasteiger partial charge is 0.260 e. The maximum absolute atomic E-state index is 12.5. The summed E-state index contributed by atoms with van der Waals surface area (Å²) >= 11 is 17.6. The van der Waals surface area contributed by atoms with E-state index in [9.17, 15) is 4.79 Å². The Labute approximate surface area is 159 Å². The van der Waals surface area contributed by atoms with Crippen LogP contribution < -0.4 is 10.6 Å². The molecule has 6 nitrogen and oxygen atoms in total. The van der Waals surface area contributed by atoms with Crippen LogP contribution in [0.1, 0.15) is 16.1 Å². The van der Waals surface area contributed by atoms with Gasteiger partial charge >= 0.3 is 0 Å². The SMILES string of the molecule is Cc1nn(C)c2ncc(C(=O)NC(=S)Nc3ccccc3Cl)c(Cl)c12. The van der Waals surface area contributed by atoms with E-state index in [-0.39, 0.29) is 15.7 Å². The topological polar surface area (TPSA) is 71.8 Å². The molecule has 2 aromatic heterocycles. The third-order valence-corrected chi connectivity index (χ3v) is 4.48. The van der Waals surface area contributed by atoms with Gasteiger partial charge in [0, 0.05) is 13.2 Å². The van der Waals surface area contributed by atoms with Gasteiger partial charge in [-0.05, 0) is 31.3 Å². The molecule has 25 heavy (non-hydrogen) atoms. The van der Waals surface area contributed by atoms with Crippen LogP contribution in [-0.2, 0) is 7.05 Å². The number of halogens is 2. The summed E-state index contributed by atoms with van der Waals surface area (Å²) in [6, 6.07) is 7.07. The molecule has 3 rings (SSSR count). The Morgan fingerprint density at radius 2 is 2.00 bits per heavy atom. The standard InChI is InChI=1S/C16H13Cl2N5OS/c1-8-12-13(18)9(7-19-14(12)23(2)22-8)15(24)21-16(25)20-11-6-4-3-5-10(11)17/h3-7H,1-2H3,(H2,20,21,24,25). The normalized spacial score (nSPS) is 10.7. The molecule has 1 aromatic carbocycles. The predicted octanol–water partition coefficient (Wildman–Crippen LogP) is 3.71. The summed E-state index contributed by atoms with van der Waals surface area (Å²) in [6.07, 6.45) is 1.40. The Morgan fingerprint density at radius 1 is 1.28 bits per heavy atom. The first kappa shape index (κ1) is 17.6. The second-order valence-corrected chi connectivity index (χ2v) is 6.47. The van der Waals surface area contributed by atoms with Crippen LogP contribution in [0.25, 0.3) is 11.0 Å². The van der Waals surface area contributed by atoms with E-state index in [0.29, 0.717) is 27.4 Å². The van der Waals surface area contributed by atoms with Crippen LogP contribution in [0.3, 0.4) is 0 Å². The number of carbonyl (C=O) groups is 1. The fourth-order valence-electron chi connectivity index (χ4n) is 2.41. The van der Waals surface area contributed by atoms with Crippen molar-refractivity contribution in [1.29, 1.82) is 0 Å². The lowest BCUT2D eigenvalue weighted by atomic mass is 10.2. The number of aryl methyl sites for hydroxylation is 2. The minimum Gasteiger partial charge on any atom is -0.331 e. The molecule has 0 atom stereocenters. The van der Waals surface area contributed by atoms with Gasteiger partial charge in [0.15, 0.2) is 10.8 Å². The third kappa shape index (κ3) is 3.44. The average Bonchev–Trinajstić information content (AvgIpc) is 2.85. The lowest BCUT2D eigenvalue weighted by Gasteiger charge is -2.11. The fraction of sp³-hybridized carbons (Fsp3) is 0.125. The van der Waals surface area contributed by atoms with Gasteiger partial charge in [0.25, 0.3) is 5.91 Å². The first-order chi connectivity index (χ1) is 11.9. The molecule has 0 aliphatic carbocycles. The number of hydrogen-bond donors (Lipinski definition) is 2. The number of fused-ring (bicyclic) bond motifs is 1. The van der Waals surface area contributed by atoms with Crippen molar-refractivity contribution in [3.8, 4) is 0 Å². The lowest BCUT2D eigenvalue weighted by molar-refractivity contribution is 0.0977. The highest BCUT2D eigenvalue weighted by Crippen LogP contribution is 2.28. The van der Waals surface area contributed by atoms with Gasteiger partial charge in [-0.1, -0.05) is 35.3 Å². The van der Waals surface area contributed by atoms with Crippen molar-refractivity contribution in [3.05, 3.63) is 51.8 Å². The fourth-order valence-corrected chi connectivity index (χ4v) is 3.15. The number of pyridine rings is 1. The van der Waals surface area contributed by atoms with E-state index in [4.69, 9.17) is 35.4 Å². The van der Waals surface area contributed by atoms with Crippen LogP contribution in [0.5, 0.6) is 0 Å². The summed E-state index contributed by atoms with van der Waals surface area (Å²) in [7, 11) is 1.76. The monoisotopic (exact) mass is 393 g/mol. The van der Waals surface area contributed by atoms with E-state index in [1.165, 1.54) is 6.20 Å². The lowest BCUT2D eigenvalue weighted by Crippen LogP contribution is -2.34. The Bertz CT molecular complexity index is 1000. The molecule has 0 fully saturated rings. The van der Waals surface area contributed by atoms with Crippen molar-refractivity contribution in [2.24, 2.45) is 7.05 Å². The summed E-state index contributed by atoms with van der Waals surface area (Å²) in [5, 5.41) is 11.2. The average molecular weight is 394 g/mol. The minimum absolute atomic E-state index is 0.108.